The summed E-state index contributed by atoms with van der Waals surface area (Å²) in [6.45, 7) is 6.89. The second-order valence-electron chi connectivity index (χ2n) is 7.64. The smallest absolute Gasteiger partial charge is 0.224 e. The minimum atomic E-state index is -3.40. The van der Waals surface area contributed by atoms with E-state index in [-0.39, 0.29) is 24.6 Å². The van der Waals surface area contributed by atoms with Crippen LogP contribution in [0.3, 0.4) is 0 Å². The molecule has 1 heterocycles. The van der Waals surface area contributed by atoms with Crippen molar-refractivity contribution in [1.29, 1.82) is 0 Å². The average molecular weight is 446 g/mol. The Kier molecular flexibility index (Phi) is 7.92. The van der Waals surface area contributed by atoms with Crippen LogP contribution < -0.4 is 15.0 Å². The van der Waals surface area contributed by atoms with Crippen LogP contribution in [0.1, 0.15) is 18.1 Å². The monoisotopic (exact) mass is 445 g/mol. The second kappa shape index (κ2) is 10.6. The van der Waals surface area contributed by atoms with Crippen LogP contribution in [-0.2, 0) is 21.2 Å². The van der Waals surface area contributed by atoms with E-state index in [0.29, 0.717) is 32.8 Å². The highest BCUT2D eigenvalue weighted by Crippen LogP contribution is 2.19. The fraction of sp³-hybridized carbons (Fsp3) is 0.435. The van der Waals surface area contributed by atoms with Gasteiger partial charge in [-0.05, 0) is 49.2 Å². The minimum absolute atomic E-state index is 0.0908. The number of rotatable bonds is 9. The molecule has 1 aliphatic rings. The van der Waals surface area contributed by atoms with Gasteiger partial charge in [0.25, 0.3) is 0 Å². The highest BCUT2D eigenvalue weighted by Gasteiger charge is 2.26. The van der Waals surface area contributed by atoms with Crippen molar-refractivity contribution < 1.29 is 17.9 Å². The van der Waals surface area contributed by atoms with Crippen LogP contribution in [0.4, 0.5) is 5.69 Å². The van der Waals surface area contributed by atoms with Crippen molar-refractivity contribution in [3.63, 3.8) is 0 Å². The predicted molar refractivity (Wildman–Crippen MR) is 123 cm³/mol. The first-order chi connectivity index (χ1) is 14.9. The van der Waals surface area contributed by atoms with Crippen LogP contribution in [0.15, 0.2) is 48.5 Å². The minimum Gasteiger partial charge on any atom is -0.494 e. The summed E-state index contributed by atoms with van der Waals surface area (Å²) in [5.74, 6) is 0.482. The van der Waals surface area contributed by atoms with Crippen LogP contribution in [-0.4, -0.2) is 63.7 Å². The number of amides is 1. The van der Waals surface area contributed by atoms with E-state index >= 15 is 0 Å². The van der Waals surface area contributed by atoms with E-state index in [2.05, 4.69) is 35.3 Å². The second-order valence-corrected chi connectivity index (χ2v) is 9.73. The SMILES string of the molecule is CCOc1ccc(CC(=O)NCCS(=O)(=O)N2CCN(c3cccc(C)c3)CC2)cc1. The maximum absolute atomic E-state index is 12.7. The number of hydrogen-bond donors (Lipinski definition) is 1. The molecule has 1 N–H and O–H groups in total. The van der Waals surface area contributed by atoms with Crippen LogP contribution in [0.5, 0.6) is 5.75 Å². The molecule has 0 saturated carbocycles. The van der Waals surface area contributed by atoms with Gasteiger partial charge in [0, 0.05) is 38.4 Å². The molecule has 3 rings (SSSR count). The average Bonchev–Trinajstić information content (AvgIpc) is 2.75. The number of anilines is 1. The Bertz CT molecular complexity index is 969. The standard InChI is InChI=1S/C23H31N3O4S/c1-3-30-22-9-7-20(8-10-22)18-23(27)24-11-16-31(28,29)26-14-12-25(13-15-26)21-6-4-5-19(2)17-21/h4-10,17H,3,11-16,18H2,1-2H3,(H,24,27). The van der Waals surface area contributed by atoms with Crippen molar-refractivity contribution in [3.05, 3.63) is 59.7 Å². The van der Waals surface area contributed by atoms with Gasteiger partial charge >= 0.3 is 0 Å². The zero-order valence-electron chi connectivity index (χ0n) is 18.2. The summed E-state index contributed by atoms with van der Waals surface area (Å²) in [5.41, 5.74) is 3.17. The van der Waals surface area contributed by atoms with E-state index in [1.54, 1.807) is 0 Å². The molecule has 0 radical (unpaired) electrons. The number of ether oxygens (including phenoxy) is 1. The van der Waals surface area contributed by atoms with Gasteiger partial charge in [0.05, 0.1) is 18.8 Å². The maximum Gasteiger partial charge on any atom is 0.224 e. The van der Waals surface area contributed by atoms with E-state index in [4.69, 9.17) is 4.74 Å². The van der Waals surface area contributed by atoms with Gasteiger partial charge in [-0.2, -0.15) is 4.31 Å². The highest BCUT2D eigenvalue weighted by atomic mass is 32.2. The maximum atomic E-state index is 12.7. The van der Waals surface area contributed by atoms with Gasteiger partial charge in [-0.25, -0.2) is 8.42 Å². The van der Waals surface area contributed by atoms with Crippen LogP contribution in [0.2, 0.25) is 0 Å². The van der Waals surface area contributed by atoms with Crippen LogP contribution >= 0.6 is 0 Å². The summed E-state index contributed by atoms with van der Waals surface area (Å²) < 4.78 is 32.2. The Labute approximate surface area is 185 Å². The van der Waals surface area contributed by atoms with Gasteiger partial charge < -0.3 is 15.0 Å². The first kappa shape index (κ1) is 23.1. The number of carbonyl (C=O) groups is 1. The summed E-state index contributed by atoms with van der Waals surface area (Å²) >= 11 is 0. The molecule has 31 heavy (non-hydrogen) atoms. The normalized spacial score (nSPS) is 15.0. The van der Waals surface area contributed by atoms with Gasteiger partial charge in [0.1, 0.15) is 5.75 Å². The molecule has 2 aromatic rings. The van der Waals surface area contributed by atoms with E-state index in [1.165, 1.54) is 9.87 Å². The molecule has 2 aromatic carbocycles. The zero-order valence-corrected chi connectivity index (χ0v) is 19.0. The van der Waals surface area contributed by atoms with E-state index in [0.717, 1.165) is 17.0 Å². The number of aryl methyl sites for hydroxylation is 1. The summed E-state index contributed by atoms with van der Waals surface area (Å²) in [6.07, 6.45) is 0.210. The van der Waals surface area contributed by atoms with Crippen molar-refractivity contribution >= 4 is 21.6 Å². The first-order valence-corrected chi connectivity index (χ1v) is 12.3. The molecule has 0 atom stereocenters. The molecular weight excluding hydrogens is 414 g/mol. The Hall–Kier alpha value is -2.58. The molecule has 0 aromatic heterocycles. The van der Waals surface area contributed by atoms with Gasteiger partial charge in [-0.1, -0.05) is 24.3 Å². The summed E-state index contributed by atoms with van der Waals surface area (Å²) in [5, 5.41) is 2.72. The number of benzene rings is 2. The molecule has 1 aliphatic heterocycles. The molecule has 0 bridgehead atoms. The van der Waals surface area contributed by atoms with Crippen LogP contribution in [0, 0.1) is 6.92 Å². The van der Waals surface area contributed by atoms with E-state index in [1.807, 2.05) is 37.3 Å². The lowest BCUT2D eigenvalue weighted by molar-refractivity contribution is -0.120. The molecule has 1 saturated heterocycles. The molecule has 1 amide bonds. The molecule has 1 fully saturated rings. The lowest BCUT2D eigenvalue weighted by atomic mass is 10.1. The van der Waals surface area contributed by atoms with Gasteiger partial charge in [-0.3, -0.25) is 4.79 Å². The third-order valence-electron chi connectivity index (χ3n) is 5.28. The van der Waals surface area contributed by atoms with E-state index < -0.39 is 10.0 Å². The summed E-state index contributed by atoms with van der Waals surface area (Å²) in [6, 6.07) is 15.6. The van der Waals surface area contributed by atoms with Gasteiger partial charge in [0.2, 0.25) is 15.9 Å². The Morgan fingerprint density at radius 1 is 1.06 bits per heavy atom. The van der Waals surface area contributed by atoms with Crippen molar-refractivity contribution in [1.82, 2.24) is 9.62 Å². The highest BCUT2D eigenvalue weighted by molar-refractivity contribution is 7.89. The fourth-order valence-corrected chi connectivity index (χ4v) is 4.95. The van der Waals surface area contributed by atoms with Crippen molar-refractivity contribution in [3.8, 4) is 5.75 Å². The third kappa shape index (κ3) is 6.70. The van der Waals surface area contributed by atoms with Gasteiger partial charge in [0.15, 0.2) is 0 Å². The molecule has 0 aliphatic carbocycles. The Morgan fingerprint density at radius 3 is 2.42 bits per heavy atom. The van der Waals surface area contributed by atoms with Crippen LogP contribution in [0.25, 0.3) is 0 Å². The molecule has 168 valence electrons. The number of nitrogens with zero attached hydrogens (tertiary/aromatic N) is 2. The number of sulfonamides is 1. The van der Waals surface area contributed by atoms with Crippen molar-refractivity contribution in [2.75, 3.05) is 50.0 Å². The topological polar surface area (TPSA) is 78.9 Å². The number of nitrogens with one attached hydrogen (secondary N) is 1. The molecule has 0 spiro atoms. The largest absolute Gasteiger partial charge is 0.494 e. The first-order valence-electron chi connectivity index (χ1n) is 10.7. The molecule has 8 heteroatoms. The summed E-state index contributed by atoms with van der Waals surface area (Å²) in [4.78, 5) is 14.4. The number of hydrogen-bond acceptors (Lipinski definition) is 5. The Balaban J connectivity index is 1.42. The quantitative estimate of drug-likeness (QED) is 0.640. The molecular formula is C23H31N3O4S. The summed E-state index contributed by atoms with van der Waals surface area (Å²) in [7, 11) is -3.40. The van der Waals surface area contributed by atoms with E-state index in [9.17, 15) is 13.2 Å². The zero-order chi connectivity index (χ0) is 22.3. The third-order valence-corrected chi connectivity index (χ3v) is 7.15. The van der Waals surface area contributed by atoms with Crippen molar-refractivity contribution in [2.45, 2.75) is 20.3 Å². The van der Waals surface area contributed by atoms with Crippen molar-refractivity contribution in [2.24, 2.45) is 0 Å². The lowest BCUT2D eigenvalue weighted by Gasteiger charge is -2.35. The van der Waals surface area contributed by atoms with Gasteiger partial charge in [-0.15, -0.1) is 0 Å². The fourth-order valence-electron chi connectivity index (χ4n) is 3.62. The predicted octanol–water partition coefficient (Wildman–Crippen LogP) is 2.20. The lowest BCUT2D eigenvalue weighted by Crippen LogP contribution is -2.50. The molecule has 0 unspecified atom stereocenters. The Morgan fingerprint density at radius 2 is 1.77 bits per heavy atom. The molecule has 7 nitrogen and oxygen atoms in total. The number of piperazine rings is 1. The number of carbonyl (C=O) groups excluding carboxylic acids is 1.